The zero-order valence-corrected chi connectivity index (χ0v) is 11.7. The van der Waals surface area contributed by atoms with E-state index in [1.54, 1.807) is 12.5 Å². The standard InChI is InChI=1S/C14H16N2O2S/c1-10-5-3-7-15-13(10)16-14(17)11(2)19-9-12-6-4-8-18-12/h3-8,11H,9H2,1-2H3,(H,15,16,17). The van der Waals surface area contributed by atoms with Gasteiger partial charge >= 0.3 is 0 Å². The lowest BCUT2D eigenvalue weighted by Crippen LogP contribution is -2.23. The van der Waals surface area contributed by atoms with Crippen LogP contribution in [0.5, 0.6) is 0 Å². The van der Waals surface area contributed by atoms with Gasteiger partial charge in [0.1, 0.15) is 11.6 Å². The van der Waals surface area contributed by atoms with Crippen molar-refractivity contribution in [3.63, 3.8) is 0 Å². The lowest BCUT2D eigenvalue weighted by atomic mass is 10.3. The van der Waals surface area contributed by atoms with Crippen molar-refractivity contribution in [3.05, 3.63) is 48.0 Å². The molecule has 1 N–H and O–H groups in total. The van der Waals surface area contributed by atoms with Gasteiger partial charge in [-0.05, 0) is 37.6 Å². The summed E-state index contributed by atoms with van der Waals surface area (Å²) in [6.07, 6.45) is 3.31. The van der Waals surface area contributed by atoms with Crippen LogP contribution < -0.4 is 5.32 Å². The van der Waals surface area contributed by atoms with Crippen molar-refractivity contribution in [2.24, 2.45) is 0 Å². The highest BCUT2D eigenvalue weighted by Crippen LogP contribution is 2.19. The van der Waals surface area contributed by atoms with Crippen molar-refractivity contribution in [3.8, 4) is 0 Å². The molecule has 4 nitrogen and oxygen atoms in total. The predicted octanol–water partition coefficient (Wildman–Crippen LogP) is 3.24. The molecule has 0 aromatic carbocycles. The maximum absolute atomic E-state index is 12.0. The van der Waals surface area contributed by atoms with Gasteiger partial charge in [0, 0.05) is 6.20 Å². The molecule has 0 bridgehead atoms. The molecule has 0 fully saturated rings. The van der Waals surface area contributed by atoms with Gasteiger partial charge in [-0.3, -0.25) is 4.79 Å². The average molecular weight is 276 g/mol. The van der Waals surface area contributed by atoms with Gasteiger partial charge < -0.3 is 9.73 Å². The van der Waals surface area contributed by atoms with Gasteiger partial charge in [0.15, 0.2) is 0 Å². The monoisotopic (exact) mass is 276 g/mol. The minimum Gasteiger partial charge on any atom is -0.468 e. The number of anilines is 1. The van der Waals surface area contributed by atoms with E-state index < -0.39 is 0 Å². The quantitative estimate of drug-likeness (QED) is 0.910. The van der Waals surface area contributed by atoms with E-state index in [9.17, 15) is 4.79 Å². The summed E-state index contributed by atoms with van der Waals surface area (Å²) in [5.74, 6) is 2.14. The molecular weight excluding hydrogens is 260 g/mol. The van der Waals surface area contributed by atoms with Crippen LogP contribution >= 0.6 is 11.8 Å². The number of thioether (sulfide) groups is 1. The van der Waals surface area contributed by atoms with Crippen LogP contribution in [0.3, 0.4) is 0 Å². The maximum atomic E-state index is 12.0. The van der Waals surface area contributed by atoms with Gasteiger partial charge in [0.2, 0.25) is 5.91 Å². The zero-order valence-electron chi connectivity index (χ0n) is 10.9. The molecule has 2 rings (SSSR count). The third kappa shape index (κ3) is 3.86. The lowest BCUT2D eigenvalue weighted by molar-refractivity contribution is -0.115. The van der Waals surface area contributed by atoms with E-state index in [0.717, 1.165) is 11.3 Å². The summed E-state index contributed by atoms with van der Waals surface area (Å²) in [6.45, 7) is 3.80. The first-order chi connectivity index (χ1) is 9.16. The lowest BCUT2D eigenvalue weighted by Gasteiger charge is -2.12. The number of pyridine rings is 1. The molecular formula is C14H16N2O2S. The molecule has 100 valence electrons. The highest BCUT2D eigenvalue weighted by atomic mass is 32.2. The number of aryl methyl sites for hydroxylation is 1. The smallest absolute Gasteiger partial charge is 0.238 e. The molecule has 19 heavy (non-hydrogen) atoms. The Morgan fingerprint density at radius 2 is 2.32 bits per heavy atom. The van der Waals surface area contributed by atoms with Gasteiger partial charge in [-0.15, -0.1) is 11.8 Å². The Kier molecular flexibility index (Phi) is 4.63. The number of carbonyl (C=O) groups is 1. The molecule has 0 radical (unpaired) electrons. The highest BCUT2D eigenvalue weighted by Gasteiger charge is 2.15. The van der Waals surface area contributed by atoms with E-state index in [1.165, 1.54) is 11.8 Å². The number of hydrogen-bond acceptors (Lipinski definition) is 4. The van der Waals surface area contributed by atoms with Gasteiger partial charge in [-0.25, -0.2) is 4.98 Å². The van der Waals surface area contributed by atoms with Crippen LogP contribution in [0.25, 0.3) is 0 Å². The first-order valence-corrected chi connectivity index (χ1v) is 7.08. The van der Waals surface area contributed by atoms with E-state index in [1.807, 2.05) is 38.1 Å². The summed E-state index contributed by atoms with van der Waals surface area (Å²) in [7, 11) is 0. The van der Waals surface area contributed by atoms with Crippen LogP contribution in [-0.2, 0) is 10.5 Å². The minimum absolute atomic E-state index is 0.0432. The fraction of sp³-hybridized carbons (Fsp3) is 0.286. The van der Waals surface area contributed by atoms with Crippen molar-refractivity contribution in [1.29, 1.82) is 0 Å². The zero-order chi connectivity index (χ0) is 13.7. The van der Waals surface area contributed by atoms with Crippen molar-refractivity contribution in [2.45, 2.75) is 24.9 Å². The molecule has 0 saturated heterocycles. The number of carbonyl (C=O) groups excluding carboxylic acids is 1. The van der Waals surface area contributed by atoms with Crippen LogP contribution in [0.15, 0.2) is 41.1 Å². The number of furan rings is 1. The van der Waals surface area contributed by atoms with E-state index in [4.69, 9.17) is 4.42 Å². The second-order valence-electron chi connectivity index (χ2n) is 4.19. The summed E-state index contributed by atoms with van der Waals surface area (Å²) in [6, 6.07) is 7.52. The topological polar surface area (TPSA) is 55.1 Å². The molecule has 0 saturated carbocycles. The van der Waals surface area contributed by atoms with Crippen LogP contribution in [0.2, 0.25) is 0 Å². The average Bonchev–Trinajstić information content (AvgIpc) is 2.91. The molecule has 0 aliphatic carbocycles. The summed E-state index contributed by atoms with van der Waals surface area (Å²) < 4.78 is 5.24. The van der Waals surface area contributed by atoms with E-state index in [-0.39, 0.29) is 11.2 Å². The molecule has 0 aliphatic rings. The Balaban J connectivity index is 1.87. The fourth-order valence-electron chi connectivity index (χ4n) is 1.51. The number of aromatic nitrogens is 1. The third-order valence-electron chi connectivity index (χ3n) is 2.68. The Hall–Kier alpha value is -1.75. The second-order valence-corrected chi connectivity index (χ2v) is 5.52. The SMILES string of the molecule is Cc1cccnc1NC(=O)C(C)SCc1ccco1. The maximum Gasteiger partial charge on any atom is 0.238 e. The Bertz CT molecular complexity index is 540. The molecule has 0 spiro atoms. The minimum atomic E-state index is -0.161. The molecule has 1 atom stereocenters. The number of nitrogens with zero attached hydrogens (tertiary/aromatic N) is 1. The number of rotatable bonds is 5. The first kappa shape index (κ1) is 13.7. The summed E-state index contributed by atoms with van der Waals surface area (Å²) in [5.41, 5.74) is 0.957. The number of hydrogen-bond donors (Lipinski definition) is 1. The first-order valence-electron chi connectivity index (χ1n) is 6.03. The number of nitrogens with one attached hydrogen (secondary N) is 1. The Morgan fingerprint density at radius 1 is 1.47 bits per heavy atom. The highest BCUT2D eigenvalue weighted by molar-refractivity contribution is 7.99. The molecule has 1 unspecified atom stereocenters. The van der Waals surface area contributed by atoms with Gasteiger partial charge in [0.05, 0.1) is 17.3 Å². The van der Waals surface area contributed by atoms with Crippen molar-refractivity contribution < 1.29 is 9.21 Å². The third-order valence-corrected chi connectivity index (χ3v) is 3.84. The van der Waals surface area contributed by atoms with Gasteiger partial charge in [-0.1, -0.05) is 6.07 Å². The van der Waals surface area contributed by atoms with Crippen LogP contribution in [0, 0.1) is 6.92 Å². The second kappa shape index (κ2) is 6.43. The van der Waals surface area contributed by atoms with E-state index in [2.05, 4.69) is 10.3 Å². The van der Waals surface area contributed by atoms with E-state index in [0.29, 0.717) is 11.6 Å². The molecule has 2 heterocycles. The molecule has 2 aromatic heterocycles. The molecule has 1 amide bonds. The number of amides is 1. The Morgan fingerprint density at radius 3 is 3.00 bits per heavy atom. The van der Waals surface area contributed by atoms with E-state index >= 15 is 0 Å². The molecule has 2 aromatic rings. The summed E-state index contributed by atoms with van der Waals surface area (Å²) >= 11 is 1.53. The van der Waals surface area contributed by atoms with Crippen molar-refractivity contribution >= 4 is 23.5 Å². The molecule has 5 heteroatoms. The largest absolute Gasteiger partial charge is 0.468 e. The van der Waals surface area contributed by atoms with Gasteiger partial charge in [-0.2, -0.15) is 0 Å². The summed E-state index contributed by atoms with van der Waals surface area (Å²) in [4.78, 5) is 16.2. The Labute approximate surface area is 116 Å². The van der Waals surface area contributed by atoms with Crippen molar-refractivity contribution in [2.75, 3.05) is 5.32 Å². The van der Waals surface area contributed by atoms with Crippen LogP contribution in [0.1, 0.15) is 18.2 Å². The van der Waals surface area contributed by atoms with Crippen LogP contribution in [-0.4, -0.2) is 16.1 Å². The molecule has 0 aliphatic heterocycles. The van der Waals surface area contributed by atoms with Gasteiger partial charge in [0.25, 0.3) is 0 Å². The normalized spacial score (nSPS) is 12.1. The van der Waals surface area contributed by atoms with Crippen molar-refractivity contribution in [1.82, 2.24) is 4.98 Å². The predicted molar refractivity (Wildman–Crippen MR) is 77.1 cm³/mol. The van der Waals surface area contributed by atoms with Crippen LogP contribution in [0.4, 0.5) is 5.82 Å². The summed E-state index contributed by atoms with van der Waals surface area (Å²) in [5, 5.41) is 2.68. The fourth-order valence-corrected chi connectivity index (χ4v) is 2.30.